The van der Waals surface area contributed by atoms with Crippen LogP contribution in [0, 0.1) is 0 Å². The van der Waals surface area contributed by atoms with Crippen LogP contribution in [-0.4, -0.2) is 55.0 Å². The van der Waals surface area contributed by atoms with Gasteiger partial charge in [-0.15, -0.1) is 0 Å². The van der Waals surface area contributed by atoms with Gasteiger partial charge in [0.25, 0.3) is 10.2 Å². The lowest BCUT2D eigenvalue weighted by Crippen LogP contribution is -2.55. The topological polar surface area (TPSA) is 116 Å². The average Bonchev–Trinajstić information content (AvgIpc) is 3.03. The highest BCUT2D eigenvalue weighted by molar-refractivity contribution is 7.87. The molecular weight excluding hydrogens is 358 g/mol. The molecule has 1 aromatic carbocycles. The highest BCUT2D eigenvalue weighted by atomic mass is 32.2. The quantitative estimate of drug-likeness (QED) is 0.605. The van der Waals surface area contributed by atoms with Gasteiger partial charge in [0.2, 0.25) is 5.91 Å². The molecule has 0 spiro atoms. The Morgan fingerprint density at radius 3 is 2.46 bits per heavy atom. The third-order valence-electron chi connectivity index (χ3n) is 4.09. The molecule has 0 aliphatic carbocycles. The summed E-state index contributed by atoms with van der Waals surface area (Å²) >= 11 is 0. The summed E-state index contributed by atoms with van der Waals surface area (Å²) < 4.78 is 29.3. The molecule has 144 valence electrons. The number of rotatable bonds is 8. The smallest absolute Gasteiger partial charge is 0.326 e. The van der Waals surface area contributed by atoms with E-state index < -0.39 is 34.2 Å². The molecule has 0 unspecified atom stereocenters. The first-order valence-electron chi connectivity index (χ1n) is 8.56. The van der Waals surface area contributed by atoms with E-state index in [1.807, 2.05) is 6.07 Å². The molecule has 0 aromatic heterocycles. The van der Waals surface area contributed by atoms with Gasteiger partial charge >= 0.3 is 5.97 Å². The largest absolute Gasteiger partial charge is 0.480 e. The summed E-state index contributed by atoms with van der Waals surface area (Å²) in [4.78, 5) is 25.6. The summed E-state index contributed by atoms with van der Waals surface area (Å²) in [6.45, 7) is 3.66. The van der Waals surface area contributed by atoms with Gasteiger partial charge in [-0.3, -0.25) is 4.79 Å². The number of carboxylic acid groups (broad SMARTS) is 1. The molecule has 0 bridgehead atoms. The molecule has 2 atom stereocenters. The van der Waals surface area contributed by atoms with Crippen molar-refractivity contribution >= 4 is 22.1 Å². The second kappa shape index (κ2) is 8.61. The first kappa shape index (κ1) is 20.3. The summed E-state index contributed by atoms with van der Waals surface area (Å²) in [6, 6.07) is 6.69. The average molecular weight is 383 g/mol. The van der Waals surface area contributed by atoms with Crippen molar-refractivity contribution in [2.75, 3.05) is 6.54 Å². The molecule has 1 aliphatic heterocycles. The second-order valence-corrected chi connectivity index (χ2v) is 8.14. The lowest BCUT2D eigenvalue weighted by atomic mass is 10.1. The molecule has 2 rings (SSSR count). The fraction of sp³-hybridized carbons (Fsp3) is 0.529. The molecule has 8 nitrogen and oxygen atoms in total. The Hall–Kier alpha value is -1.97. The van der Waals surface area contributed by atoms with Crippen LogP contribution in [0.4, 0.5) is 0 Å². The normalized spacial score (nSPS) is 18.9. The molecule has 1 aromatic rings. The molecule has 0 radical (unpaired) electrons. The molecule has 9 heteroatoms. The lowest BCUT2D eigenvalue weighted by Gasteiger charge is -2.27. The minimum absolute atomic E-state index is 0.140. The number of carbonyl (C=O) groups excluding carboxylic acids is 1. The Kier molecular flexibility index (Phi) is 6.74. The number of nitrogens with zero attached hydrogens (tertiary/aromatic N) is 1. The van der Waals surface area contributed by atoms with Gasteiger partial charge in [0, 0.05) is 12.6 Å². The molecule has 1 saturated heterocycles. The summed E-state index contributed by atoms with van der Waals surface area (Å²) in [5.41, 5.74) is 0.782. The van der Waals surface area contributed by atoms with Crippen molar-refractivity contribution in [3.8, 4) is 0 Å². The fourth-order valence-electron chi connectivity index (χ4n) is 3.05. The van der Waals surface area contributed by atoms with Gasteiger partial charge in [0.1, 0.15) is 12.1 Å². The fourth-order valence-corrected chi connectivity index (χ4v) is 4.30. The highest BCUT2D eigenvalue weighted by Crippen LogP contribution is 2.20. The predicted molar refractivity (Wildman–Crippen MR) is 96.6 cm³/mol. The van der Waals surface area contributed by atoms with Crippen molar-refractivity contribution in [3.63, 3.8) is 0 Å². The van der Waals surface area contributed by atoms with E-state index in [0.717, 1.165) is 5.56 Å². The van der Waals surface area contributed by atoms with Gasteiger partial charge in [0.05, 0.1) is 0 Å². The lowest BCUT2D eigenvalue weighted by molar-refractivity contribution is -0.148. The Balaban J connectivity index is 2.24. The molecule has 1 heterocycles. The molecule has 26 heavy (non-hydrogen) atoms. The number of likely N-dealkylation sites (tertiary alicyclic amines) is 1. The zero-order valence-electron chi connectivity index (χ0n) is 14.9. The summed E-state index contributed by atoms with van der Waals surface area (Å²) in [5.74, 6) is -1.59. The summed E-state index contributed by atoms with van der Waals surface area (Å²) in [6.07, 6.45) is 1.09. The van der Waals surface area contributed by atoms with Crippen LogP contribution in [-0.2, 0) is 26.2 Å². The van der Waals surface area contributed by atoms with E-state index in [1.54, 1.807) is 38.1 Å². The number of hydrogen-bond acceptors (Lipinski definition) is 4. The Morgan fingerprint density at radius 2 is 1.88 bits per heavy atom. The second-order valence-electron chi connectivity index (χ2n) is 6.66. The van der Waals surface area contributed by atoms with E-state index in [1.165, 1.54) is 4.90 Å². The van der Waals surface area contributed by atoms with E-state index >= 15 is 0 Å². The first-order valence-corrected chi connectivity index (χ1v) is 10.0. The monoisotopic (exact) mass is 383 g/mol. The van der Waals surface area contributed by atoms with Crippen LogP contribution in [0.5, 0.6) is 0 Å². The van der Waals surface area contributed by atoms with Gasteiger partial charge in [-0.05, 0) is 38.7 Å². The Labute approximate surface area is 153 Å². The maximum atomic E-state index is 12.9. The summed E-state index contributed by atoms with van der Waals surface area (Å²) in [5, 5.41) is 9.31. The predicted octanol–water partition coefficient (Wildman–Crippen LogP) is 0.506. The van der Waals surface area contributed by atoms with Crippen LogP contribution in [0.2, 0.25) is 0 Å². The van der Waals surface area contributed by atoms with Gasteiger partial charge in [0.15, 0.2) is 0 Å². The van der Waals surface area contributed by atoms with Crippen molar-refractivity contribution < 1.29 is 23.1 Å². The number of hydrogen-bond donors (Lipinski definition) is 3. The van der Waals surface area contributed by atoms with E-state index in [0.29, 0.717) is 19.4 Å². The van der Waals surface area contributed by atoms with Crippen molar-refractivity contribution in [2.24, 2.45) is 0 Å². The van der Waals surface area contributed by atoms with Crippen LogP contribution >= 0.6 is 0 Å². The van der Waals surface area contributed by atoms with Crippen molar-refractivity contribution in [3.05, 3.63) is 35.9 Å². The van der Waals surface area contributed by atoms with Gasteiger partial charge in [-0.25, -0.2) is 4.79 Å². The van der Waals surface area contributed by atoms with E-state index in [4.69, 9.17) is 0 Å². The van der Waals surface area contributed by atoms with Crippen LogP contribution in [0.1, 0.15) is 32.3 Å². The van der Waals surface area contributed by atoms with E-state index in [9.17, 15) is 23.1 Å². The molecule has 0 saturated carbocycles. The number of aliphatic carboxylic acids is 1. The molecule has 1 fully saturated rings. The van der Waals surface area contributed by atoms with Crippen LogP contribution in [0.15, 0.2) is 30.3 Å². The van der Waals surface area contributed by atoms with Gasteiger partial charge < -0.3 is 10.0 Å². The van der Waals surface area contributed by atoms with Crippen LogP contribution < -0.4 is 9.44 Å². The van der Waals surface area contributed by atoms with Gasteiger partial charge in [-0.1, -0.05) is 30.3 Å². The zero-order chi connectivity index (χ0) is 19.3. The minimum Gasteiger partial charge on any atom is -0.480 e. The number of nitrogens with one attached hydrogen (secondary N) is 2. The maximum absolute atomic E-state index is 12.9. The number of amides is 1. The third-order valence-corrected chi connectivity index (χ3v) is 5.47. The molecule has 3 N–H and O–H groups in total. The molecule has 1 amide bonds. The van der Waals surface area contributed by atoms with E-state index in [2.05, 4.69) is 9.44 Å². The van der Waals surface area contributed by atoms with E-state index in [-0.39, 0.29) is 12.5 Å². The van der Waals surface area contributed by atoms with Crippen molar-refractivity contribution in [1.82, 2.24) is 14.3 Å². The Morgan fingerprint density at radius 1 is 1.23 bits per heavy atom. The first-order chi connectivity index (χ1) is 12.2. The van der Waals surface area contributed by atoms with Crippen LogP contribution in [0.3, 0.4) is 0 Å². The maximum Gasteiger partial charge on any atom is 0.326 e. The summed E-state index contributed by atoms with van der Waals surface area (Å²) in [7, 11) is -3.91. The SMILES string of the molecule is CC(C)NS(=O)(=O)N[C@H](Cc1ccccc1)C(=O)N1CCC[C@H]1C(=O)O. The number of benzene rings is 1. The minimum atomic E-state index is -3.91. The number of carboxylic acids is 1. The number of carbonyl (C=O) groups is 2. The Bertz CT molecular complexity index is 736. The van der Waals surface area contributed by atoms with Gasteiger partial charge in [-0.2, -0.15) is 17.9 Å². The highest BCUT2D eigenvalue weighted by Gasteiger charge is 2.38. The third kappa shape index (κ3) is 5.52. The molecule has 1 aliphatic rings. The standard InChI is InChI=1S/C17H25N3O5S/c1-12(2)18-26(24,25)19-14(11-13-7-4-3-5-8-13)16(21)20-10-6-9-15(20)17(22)23/h3-5,7-8,12,14-15,18-19H,6,9-11H2,1-2H3,(H,22,23)/t14-,15+/m1/s1. The van der Waals surface area contributed by atoms with Crippen LogP contribution in [0.25, 0.3) is 0 Å². The molecular formula is C17H25N3O5S. The van der Waals surface area contributed by atoms with Crippen molar-refractivity contribution in [2.45, 2.75) is 51.2 Å². The van der Waals surface area contributed by atoms with Crippen molar-refractivity contribution in [1.29, 1.82) is 0 Å². The zero-order valence-corrected chi connectivity index (χ0v) is 15.7.